The van der Waals surface area contributed by atoms with Gasteiger partial charge in [0.25, 0.3) is 0 Å². The number of methoxy groups -OCH3 is 1. The number of ether oxygens (including phenoxy) is 1. The molecule has 2 aromatic rings. The summed E-state index contributed by atoms with van der Waals surface area (Å²) in [6.45, 7) is 4.96. The van der Waals surface area contributed by atoms with Crippen LogP contribution < -0.4 is 10.6 Å². The van der Waals surface area contributed by atoms with E-state index in [0.29, 0.717) is 6.04 Å². The van der Waals surface area contributed by atoms with Gasteiger partial charge >= 0.3 is 0 Å². The number of halogens is 1. The minimum atomic E-state index is 0. The smallest absolute Gasteiger partial charge is 0.191 e. The van der Waals surface area contributed by atoms with Crippen molar-refractivity contribution in [2.24, 2.45) is 4.99 Å². The quantitative estimate of drug-likeness (QED) is 0.240. The predicted molar refractivity (Wildman–Crippen MR) is 134 cm³/mol. The second-order valence-electron chi connectivity index (χ2n) is 7.45. The minimum Gasteiger partial charge on any atom is -0.385 e. The van der Waals surface area contributed by atoms with Crippen LogP contribution in [0.25, 0.3) is 11.3 Å². The van der Waals surface area contributed by atoms with Crippen LogP contribution in [0, 0.1) is 0 Å². The molecule has 1 fully saturated rings. The Morgan fingerprint density at radius 2 is 2.03 bits per heavy atom. The Kier molecular flexibility index (Phi) is 11.1. The first-order valence-electron chi connectivity index (χ1n) is 10.5. The Hall–Kier alpha value is -1.71. The molecule has 0 unspecified atom stereocenters. The van der Waals surface area contributed by atoms with E-state index in [0.717, 1.165) is 69.3 Å². The van der Waals surface area contributed by atoms with Crippen LogP contribution in [-0.2, 0) is 11.3 Å². The van der Waals surface area contributed by atoms with E-state index >= 15 is 0 Å². The van der Waals surface area contributed by atoms with Crippen LogP contribution >= 0.6 is 24.0 Å². The normalized spacial score (nSPS) is 15.5. The van der Waals surface area contributed by atoms with E-state index in [-0.39, 0.29) is 24.0 Å². The average Bonchev–Trinajstić information content (AvgIpc) is 2.78. The number of benzene rings is 1. The van der Waals surface area contributed by atoms with E-state index in [1.165, 1.54) is 5.56 Å². The summed E-state index contributed by atoms with van der Waals surface area (Å²) in [6, 6.07) is 15.0. The predicted octanol–water partition coefficient (Wildman–Crippen LogP) is 3.53. The molecule has 3 rings (SSSR count). The van der Waals surface area contributed by atoms with E-state index < -0.39 is 0 Å². The molecule has 30 heavy (non-hydrogen) atoms. The standard InChI is InChI=1S/C23H33N5O.HI/c1-24-23(27-21-10-14-28(15-11-21)13-6-16-29-2)26-18-19-7-5-8-20(17-19)22-9-3-4-12-25-22;/h3-5,7-9,12,17,21H,6,10-11,13-16,18H2,1-2H3,(H2,24,26,27);1H. The summed E-state index contributed by atoms with van der Waals surface area (Å²) < 4.78 is 5.15. The molecule has 1 saturated heterocycles. The molecule has 0 radical (unpaired) electrons. The number of likely N-dealkylation sites (tertiary alicyclic amines) is 1. The molecule has 1 aliphatic heterocycles. The largest absolute Gasteiger partial charge is 0.385 e. The van der Waals surface area contributed by atoms with Gasteiger partial charge in [-0.15, -0.1) is 24.0 Å². The first-order chi connectivity index (χ1) is 14.3. The van der Waals surface area contributed by atoms with Crippen LogP contribution in [-0.4, -0.2) is 62.3 Å². The topological polar surface area (TPSA) is 61.8 Å². The first kappa shape index (κ1) is 24.6. The first-order valence-corrected chi connectivity index (χ1v) is 10.5. The molecule has 0 spiro atoms. The Bertz CT molecular complexity index is 763. The summed E-state index contributed by atoms with van der Waals surface area (Å²) >= 11 is 0. The number of aromatic nitrogens is 1. The van der Waals surface area contributed by atoms with Crippen molar-refractivity contribution in [1.82, 2.24) is 20.5 Å². The molecule has 0 amide bonds. The van der Waals surface area contributed by atoms with Gasteiger partial charge < -0.3 is 20.3 Å². The number of nitrogens with one attached hydrogen (secondary N) is 2. The molecule has 1 aliphatic rings. The van der Waals surface area contributed by atoms with Crippen molar-refractivity contribution in [1.29, 1.82) is 0 Å². The van der Waals surface area contributed by atoms with Crippen LogP contribution in [0.2, 0.25) is 0 Å². The van der Waals surface area contributed by atoms with Gasteiger partial charge in [0.05, 0.1) is 5.69 Å². The van der Waals surface area contributed by atoms with Gasteiger partial charge in [-0.25, -0.2) is 0 Å². The van der Waals surface area contributed by atoms with Crippen LogP contribution in [0.15, 0.2) is 53.7 Å². The molecule has 0 bridgehead atoms. The molecule has 1 aromatic heterocycles. The van der Waals surface area contributed by atoms with Crippen LogP contribution in [0.3, 0.4) is 0 Å². The van der Waals surface area contributed by atoms with Gasteiger partial charge in [0.1, 0.15) is 0 Å². The summed E-state index contributed by atoms with van der Waals surface area (Å²) in [6.07, 6.45) is 5.22. The summed E-state index contributed by atoms with van der Waals surface area (Å²) in [5.41, 5.74) is 3.34. The molecule has 164 valence electrons. The molecule has 0 atom stereocenters. The second-order valence-corrected chi connectivity index (χ2v) is 7.45. The molecule has 2 heterocycles. The summed E-state index contributed by atoms with van der Waals surface area (Å²) in [7, 11) is 3.60. The maximum Gasteiger partial charge on any atom is 0.191 e. The van der Waals surface area contributed by atoms with Gasteiger partial charge in [-0.05, 0) is 43.0 Å². The molecule has 0 saturated carbocycles. The second kappa shape index (κ2) is 13.6. The Labute approximate surface area is 197 Å². The van der Waals surface area contributed by atoms with Crippen molar-refractivity contribution in [3.05, 3.63) is 54.2 Å². The molecule has 1 aromatic carbocycles. The number of aliphatic imine (C=N–C) groups is 1. The number of hydrogen-bond acceptors (Lipinski definition) is 4. The van der Waals surface area contributed by atoms with Crippen molar-refractivity contribution in [2.75, 3.05) is 40.4 Å². The fourth-order valence-electron chi connectivity index (χ4n) is 3.68. The van der Waals surface area contributed by atoms with Gasteiger partial charge in [0, 0.05) is 64.7 Å². The molecule has 0 aliphatic carbocycles. The molecule has 6 nitrogen and oxygen atoms in total. The van der Waals surface area contributed by atoms with Gasteiger partial charge in [0.2, 0.25) is 0 Å². The summed E-state index contributed by atoms with van der Waals surface area (Å²) in [4.78, 5) is 11.4. The maximum absolute atomic E-state index is 5.15. The van der Waals surface area contributed by atoms with Crippen LogP contribution in [0.5, 0.6) is 0 Å². The van der Waals surface area contributed by atoms with Crippen LogP contribution in [0.4, 0.5) is 0 Å². The zero-order valence-electron chi connectivity index (χ0n) is 18.0. The van der Waals surface area contributed by atoms with Crippen molar-refractivity contribution < 1.29 is 4.74 Å². The number of pyridine rings is 1. The van der Waals surface area contributed by atoms with Gasteiger partial charge in [-0.1, -0.05) is 24.3 Å². The van der Waals surface area contributed by atoms with Crippen molar-refractivity contribution in [3.63, 3.8) is 0 Å². The summed E-state index contributed by atoms with van der Waals surface area (Å²) in [5, 5.41) is 7.04. The third-order valence-corrected chi connectivity index (χ3v) is 5.32. The fourth-order valence-corrected chi connectivity index (χ4v) is 3.68. The molecular weight excluding hydrogens is 489 g/mol. The number of hydrogen-bond donors (Lipinski definition) is 2. The van der Waals surface area contributed by atoms with Gasteiger partial charge in [-0.3, -0.25) is 9.98 Å². The molecular formula is C23H34IN5O. The van der Waals surface area contributed by atoms with Gasteiger partial charge in [0.15, 0.2) is 5.96 Å². The Morgan fingerprint density at radius 3 is 2.73 bits per heavy atom. The molecule has 2 N–H and O–H groups in total. The van der Waals surface area contributed by atoms with E-state index in [2.05, 4.69) is 49.8 Å². The average molecular weight is 523 g/mol. The maximum atomic E-state index is 5.15. The lowest BCUT2D eigenvalue weighted by Gasteiger charge is -2.33. The fraction of sp³-hybridized carbons (Fsp3) is 0.478. The van der Waals surface area contributed by atoms with Crippen molar-refractivity contribution >= 4 is 29.9 Å². The van der Waals surface area contributed by atoms with Crippen LogP contribution in [0.1, 0.15) is 24.8 Å². The lowest BCUT2D eigenvalue weighted by Crippen LogP contribution is -2.48. The summed E-state index contributed by atoms with van der Waals surface area (Å²) in [5.74, 6) is 0.867. The van der Waals surface area contributed by atoms with Gasteiger partial charge in [-0.2, -0.15) is 0 Å². The monoisotopic (exact) mass is 523 g/mol. The van der Waals surface area contributed by atoms with E-state index in [4.69, 9.17) is 4.74 Å². The minimum absolute atomic E-state index is 0. The van der Waals surface area contributed by atoms with Crippen molar-refractivity contribution in [2.45, 2.75) is 31.8 Å². The zero-order chi connectivity index (χ0) is 20.3. The number of piperidine rings is 1. The lowest BCUT2D eigenvalue weighted by atomic mass is 10.1. The SMILES string of the molecule is CN=C(NCc1cccc(-c2ccccn2)c1)NC1CCN(CCCOC)CC1.I. The third-order valence-electron chi connectivity index (χ3n) is 5.32. The highest BCUT2D eigenvalue weighted by molar-refractivity contribution is 14.0. The van der Waals surface area contributed by atoms with E-state index in [9.17, 15) is 0 Å². The van der Waals surface area contributed by atoms with E-state index in [1.54, 1.807) is 7.11 Å². The molecule has 7 heteroatoms. The number of rotatable bonds is 8. The zero-order valence-corrected chi connectivity index (χ0v) is 20.3. The Morgan fingerprint density at radius 1 is 1.20 bits per heavy atom. The van der Waals surface area contributed by atoms with E-state index in [1.807, 2.05) is 31.4 Å². The number of guanidine groups is 1. The number of nitrogens with zero attached hydrogens (tertiary/aromatic N) is 3. The lowest BCUT2D eigenvalue weighted by molar-refractivity contribution is 0.155. The van der Waals surface area contributed by atoms with Crippen molar-refractivity contribution in [3.8, 4) is 11.3 Å². The Balaban J connectivity index is 0.00000320. The highest BCUT2D eigenvalue weighted by Crippen LogP contribution is 2.17. The highest BCUT2D eigenvalue weighted by atomic mass is 127. The third kappa shape index (κ3) is 7.85. The highest BCUT2D eigenvalue weighted by Gasteiger charge is 2.19.